The standard InChI is InChI=1S/C21H24O2/c22-13-14-23-16-11-9-15(10-12-16)21-19-7-3-1-5-17(19)18-6-2-4-8-20(18)21/h1-8,15-16,21-22H,9-14H2. The molecule has 0 unspecified atom stereocenters. The van der Waals surface area contributed by atoms with Crippen LogP contribution in [0.2, 0.25) is 0 Å². The van der Waals surface area contributed by atoms with Crippen LogP contribution in [0, 0.1) is 5.92 Å². The zero-order chi connectivity index (χ0) is 15.6. The molecule has 4 rings (SSSR count). The lowest BCUT2D eigenvalue weighted by Crippen LogP contribution is -2.26. The van der Waals surface area contributed by atoms with Gasteiger partial charge >= 0.3 is 0 Å². The summed E-state index contributed by atoms with van der Waals surface area (Å²) < 4.78 is 5.73. The number of hydrogen-bond acceptors (Lipinski definition) is 2. The zero-order valence-electron chi connectivity index (χ0n) is 13.4. The molecule has 2 nitrogen and oxygen atoms in total. The summed E-state index contributed by atoms with van der Waals surface area (Å²) >= 11 is 0. The fourth-order valence-electron chi connectivity index (χ4n) is 4.51. The normalized spacial score (nSPS) is 23.5. The van der Waals surface area contributed by atoms with Crippen molar-refractivity contribution in [3.05, 3.63) is 59.7 Å². The molecule has 120 valence electrons. The fraction of sp³-hybridized carbons (Fsp3) is 0.429. The second-order valence-corrected chi connectivity index (χ2v) is 6.78. The van der Waals surface area contributed by atoms with E-state index in [0.717, 1.165) is 12.8 Å². The third kappa shape index (κ3) is 2.71. The Morgan fingerprint density at radius 1 is 0.826 bits per heavy atom. The first-order chi connectivity index (χ1) is 11.4. The maximum absolute atomic E-state index is 8.91. The van der Waals surface area contributed by atoms with Gasteiger partial charge in [-0.15, -0.1) is 0 Å². The van der Waals surface area contributed by atoms with Crippen molar-refractivity contribution in [2.75, 3.05) is 13.2 Å². The number of aliphatic hydroxyl groups excluding tert-OH is 1. The first-order valence-corrected chi connectivity index (χ1v) is 8.79. The van der Waals surface area contributed by atoms with Crippen LogP contribution in [0.3, 0.4) is 0 Å². The lowest BCUT2D eigenvalue weighted by molar-refractivity contribution is -0.000686. The summed E-state index contributed by atoms with van der Waals surface area (Å²) in [5.41, 5.74) is 5.86. The monoisotopic (exact) mass is 308 g/mol. The van der Waals surface area contributed by atoms with Crippen molar-refractivity contribution in [3.8, 4) is 11.1 Å². The molecule has 0 spiro atoms. The third-order valence-corrected chi connectivity index (χ3v) is 5.52. The Bertz CT molecular complexity index is 626. The van der Waals surface area contributed by atoms with Crippen molar-refractivity contribution in [3.63, 3.8) is 0 Å². The minimum atomic E-state index is 0.128. The Morgan fingerprint density at radius 2 is 1.39 bits per heavy atom. The van der Waals surface area contributed by atoms with E-state index in [1.54, 1.807) is 0 Å². The van der Waals surface area contributed by atoms with Gasteiger partial charge in [0.2, 0.25) is 0 Å². The average Bonchev–Trinajstić information content (AvgIpc) is 2.95. The van der Waals surface area contributed by atoms with Crippen LogP contribution in [-0.4, -0.2) is 24.4 Å². The van der Waals surface area contributed by atoms with Crippen LogP contribution in [0.4, 0.5) is 0 Å². The van der Waals surface area contributed by atoms with Gasteiger partial charge in [-0.3, -0.25) is 0 Å². The van der Waals surface area contributed by atoms with Crippen LogP contribution >= 0.6 is 0 Å². The van der Waals surface area contributed by atoms with Crippen LogP contribution < -0.4 is 0 Å². The van der Waals surface area contributed by atoms with Gasteiger partial charge in [0.25, 0.3) is 0 Å². The Hall–Kier alpha value is -1.64. The predicted molar refractivity (Wildman–Crippen MR) is 92.5 cm³/mol. The Balaban J connectivity index is 1.58. The van der Waals surface area contributed by atoms with E-state index in [0.29, 0.717) is 24.5 Å². The van der Waals surface area contributed by atoms with Crippen LogP contribution in [0.1, 0.15) is 42.7 Å². The van der Waals surface area contributed by atoms with E-state index in [-0.39, 0.29) is 6.61 Å². The van der Waals surface area contributed by atoms with Gasteiger partial charge in [-0.25, -0.2) is 0 Å². The molecule has 2 aliphatic rings. The number of aliphatic hydroxyl groups is 1. The van der Waals surface area contributed by atoms with E-state index >= 15 is 0 Å². The van der Waals surface area contributed by atoms with Gasteiger partial charge in [0.15, 0.2) is 0 Å². The lowest BCUT2D eigenvalue weighted by atomic mass is 9.75. The highest BCUT2D eigenvalue weighted by Crippen LogP contribution is 2.51. The number of fused-ring (bicyclic) bond motifs is 3. The van der Waals surface area contributed by atoms with Crippen molar-refractivity contribution >= 4 is 0 Å². The molecule has 2 aromatic carbocycles. The second kappa shape index (κ2) is 6.46. The molecule has 0 saturated heterocycles. The second-order valence-electron chi connectivity index (χ2n) is 6.78. The van der Waals surface area contributed by atoms with E-state index in [1.807, 2.05) is 0 Å². The zero-order valence-corrected chi connectivity index (χ0v) is 13.4. The van der Waals surface area contributed by atoms with Crippen LogP contribution in [0.5, 0.6) is 0 Å². The highest BCUT2D eigenvalue weighted by atomic mass is 16.5. The first kappa shape index (κ1) is 14.9. The molecule has 0 heterocycles. The maximum Gasteiger partial charge on any atom is 0.0701 e. The SMILES string of the molecule is OCCOC1CCC(C2c3ccccc3-c3ccccc32)CC1. The molecule has 1 N–H and O–H groups in total. The highest BCUT2D eigenvalue weighted by Gasteiger charge is 2.36. The Morgan fingerprint density at radius 3 is 1.96 bits per heavy atom. The molecule has 0 aromatic heterocycles. The summed E-state index contributed by atoms with van der Waals surface area (Å²) in [6, 6.07) is 17.8. The van der Waals surface area contributed by atoms with Crippen LogP contribution in [-0.2, 0) is 4.74 Å². The molecular formula is C21H24O2. The van der Waals surface area contributed by atoms with Crippen molar-refractivity contribution < 1.29 is 9.84 Å². The molecular weight excluding hydrogens is 284 g/mol. The molecule has 0 radical (unpaired) electrons. The smallest absolute Gasteiger partial charge is 0.0701 e. The highest BCUT2D eigenvalue weighted by molar-refractivity contribution is 5.78. The largest absolute Gasteiger partial charge is 0.394 e. The summed E-state index contributed by atoms with van der Waals surface area (Å²) in [5.74, 6) is 1.25. The fourth-order valence-corrected chi connectivity index (χ4v) is 4.51. The molecule has 1 saturated carbocycles. The molecule has 1 fully saturated rings. The van der Waals surface area contributed by atoms with E-state index in [9.17, 15) is 0 Å². The van der Waals surface area contributed by atoms with Crippen molar-refractivity contribution in [1.29, 1.82) is 0 Å². The van der Waals surface area contributed by atoms with Crippen molar-refractivity contribution in [2.45, 2.75) is 37.7 Å². The average molecular weight is 308 g/mol. The van der Waals surface area contributed by atoms with Gasteiger partial charge < -0.3 is 9.84 Å². The topological polar surface area (TPSA) is 29.5 Å². The van der Waals surface area contributed by atoms with Crippen LogP contribution in [0.25, 0.3) is 11.1 Å². The number of rotatable bonds is 4. The molecule has 0 amide bonds. The van der Waals surface area contributed by atoms with E-state index in [4.69, 9.17) is 9.84 Å². The Kier molecular flexibility index (Phi) is 4.19. The van der Waals surface area contributed by atoms with Gasteiger partial charge in [-0.05, 0) is 53.9 Å². The first-order valence-electron chi connectivity index (χ1n) is 8.79. The van der Waals surface area contributed by atoms with Gasteiger partial charge in [0, 0.05) is 5.92 Å². The van der Waals surface area contributed by atoms with Crippen molar-refractivity contribution in [1.82, 2.24) is 0 Å². The van der Waals surface area contributed by atoms with Crippen LogP contribution in [0.15, 0.2) is 48.5 Å². The molecule has 2 aromatic rings. The molecule has 2 heteroatoms. The molecule has 0 atom stereocenters. The summed E-state index contributed by atoms with van der Waals surface area (Å²) in [7, 11) is 0. The summed E-state index contributed by atoms with van der Waals surface area (Å²) in [5, 5.41) is 8.91. The molecule has 0 aliphatic heterocycles. The van der Waals surface area contributed by atoms with E-state index in [2.05, 4.69) is 48.5 Å². The molecule has 23 heavy (non-hydrogen) atoms. The minimum absolute atomic E-state index is 0.128. The van der Waals surface area contributed by atoms with Gasteiger partial charge in [-0.1, -0.05) is 48.5 Å². The lowest BCUT2D eigenvalue weighted by Gasteiger charge is -2.33. The molecule has 2 aliphatic carbocycles. The number of benzene rings is 2. The Labute approximate surface area is 138 Å². The summed E-state index contributed by atoms with van der Waals surface area (Å²) in [4.78, 5) is 0. The van der Waals surface area contributed by atoms with E-state index < -0.39 is 0 Å². The third-order valence-electron chi connectivity index (χ3n) is 5.52. The van der Waals surface area contributed by atoms with Gasteiger partial charge in [-0.2, -0.15) is 0 Å². The van der Waals surface area contributed by atoms with Crippen molar-refractivity contribution in [2.24, 2.45) is 5.92 Å². The van der Waals surface area contributed by atoms with Gasteiger partial charge in [0.05, 0.1) is 19.3 Å². The quantitative estimate of drug-likeness (QED) is 0.909. The predicted octanol–water partition coefficient (Wildman–Crippen LogP) is 4.37. The molecule has 0 bridgehead atoms. The summed E-state index contributed by atoms with van der Waals surface area (Å²) in [6.07, 6.45) is 4.99. The number of hydrogen-bond donors (Lipinski definition) is 1. The van der Waals surface area contributed by atoms with E-state index in [1.165, 1.54) is 35.1 Å². The van der Waals surface area contributed by atoms with Gasteiger partial charge in [0.1, 0.15) is 0 Å². The summed E-state index contributed by atoms with van der Waals surface area (Å²) in [6.45, 7) is 0.605. The minimum Gasteiger partial charge on any atom is -0.394 e. The number of ether oxygens (including phenoxy) is 1. The maximum atomic E-state index is 8.91.